The molecule has 0 radical (unpaired) electrons. The number of carbonyl (C=O) groups is 2. The number of nitrogens with zero attached hydrogens (tertiary/aromatic N) is 2. The van der Waals surface area contributed by atoms with Gasteiger partial charge in [-0.25, -0.2) is 8.42 Å². The maximum Gasteiger partial charge on any atom is 0.264 e. The van der Waals surface area contributed by atoms with Crippen molar-refractivity contribution in [3.63, 3.8) is 0 Å². The predicted octanol–water partition coefficient (Wildman–Crippen LogP) is 5.61. The molecule has 4 aromatic carbocycles. The van der Waals surface area contributed by atoms with Crippen molar-refractivity contribution in [3.8, 4) is 0 Å². The number of carbonyl (C=O) groups excluding carboxylic acids is 2. The van der Waals surface area contributed by atoms with Crippen molar-refractivity contribution in [2.45, 2.75) is 57.1 Å². The van der Waals surface area contributed by atoms with Crippen molar-refractivity contribution < 1.29 is 18.0 Å². The summed E-state index contributed by atoms with van der Waals surface area (Å²) in [4.78, 5) is 29.8. The predicted molar refractivity (Wildman–Crippen MR) is 171 cm³/mol. The minimum Gasteiger partial charge on any atom is -0.352 e. The Morgan fingerprint density at radius 3 is 1.86 bits per heavy atom. The van der Waals surface area contributed by atoms with Gasteiger partial charge in [-0.3, -0.25) is 13.9 Å². The van der Waals surface area contributed by atoms with Crippen LogP contribution in [0.25, 0.3) is 0 Å². The first-order valence-corrected chi connectivity index (χ1v) is 16.0. The monoisotopic (exact) mass is 597 g/mol. The van der Waals surface area contributed by atoms with Crippen molar-refractivity contribution in [3.05, 3.63) is 132 Å². The van der Waals surface area contributed by atoms with Gasteiger partial charge in [-0.2, -0.15) is 0 Å². The van der Waals surface area contributed by atoms with E-state index in [0.29, 0.717) is 12.1 Å². The molecular formula is C35H39N3O4S. The van der Waals surface area contributed by atoms with Crippen molar-refractivity contribution >= 4 is 27.5 Å². The van der Waals surface area contributed by atoms with Gasteiger partial charge in [0.2, 0.25) is 11.8 Å². The normalized spacial score (nSPS) is 12.0. The molecule has 43 heavy (non-hydrogen) atoms. The quantitative estimate of drug-likeness (QED) is 0.217. The first-order valence-electron chi connectivity index (χ1n) is 14.5. The van der Waals surface area contributed by atoms with Crippen LogP contribution in [0.5, 0.6) is 0 Å². The first kappa shape index (κ1) is 31.5. The van der Waals surface area contributed by atoms with Crippen molar-refractivity contribution in [2.75, 3.05) is 10.8 Å². The zero-order valence-corrected chi connectivity index (χ0v) is 25.7. The molecule has 0 saturated heterocycles. The lowest BCUT2D eigenvalue weighted by molar-refractivity contribution is -0.140. The molecule has 2 amide bonds. The summed E-state index contributed by atoms with van der Waals surface area (Å²) in [6.45, 7) is 5.36. The summed E-state index contributed by atoms with van der Waals surface area (Å²) in [6, 6.07) is 33.3. The second-order valence-electron chi connectivity index (χ2n) is 10.7. The molecule has 0 aliphatic rings. The highest BCUT2D eigenvalue weighted by atomic mass is 32.2. The minimum absolute atomic E-state index is 0.0849. The zero-order chi connectivity index (χ0) is 30.8. The molecule has 1 atom stereocenters. The Hall–Kier alpha value is -4.43. The molecular weight excluding hydrogens is 558 g/mol. The number of sulfonamides is 1. The Morgan fingerprint density at radius 2 is 1.28 bits per heavy atom. The summed E-state index contributed by atoms with van der Waals surface area (Å²) in [5.74, 6) is -0.774. The first-order chi connectivity index (χ1) is 20.7. The number of hydrogen-bond acceptors (Lipinski definition) is 4. The van der Waals surface area contributed by atoms with Gasteiger partial charge >= 0.3 is 0 Å². The third-order valence-electron chi connectivity index (χ3n) is 7.15. The summed E-state index contributed by atoms with van der Waals surface area (Å²) in [5, 5.41) is 2.98. The van der Waals surface area contributed by atoms with Gasteiger partial charge in [-0.15, -0.1) is 0 Å². The van der Waals surface area contributed by atoms with Crippen molar-refractivity contribution in [2.24, 2.45) is 0 Å². The highest BCUT2D eigenvalue weighted by Crippen LogP contribution is 2.28. The Morgan fingerprint density at radius 1 is 0.744 bits per heavy atom. The number of hydrogen-bond donors (Lipinski definition) is 1. The van der Waals surface area contributed by atoms with Gasteiger partial charge in [0, 0.05) is 19.0 Å². The molecule has 0 aromatic heterocycles. The van der Waals surface area contributed by atoms with Gasteiger partial charge in [-0.05, 0) is 55.2 Å². The standard InChI is InChI=1S/C35H39N3O4S/c1-4-30-20-14-15-23-32(30)38(43(41,42)31-21-12-7-13-22-31)26-34(39)37(25-29-18-10-6-11-19-29)33(35(40)36-27(2)3)24-28-16-8-5-9-17-28/h5-23,27,33H,4,24-26H2,1-3H3,(H,36,40)/t33-/m0/s1. The topological polar surface area (TPSA) is 86.8 Å². The molecule has 0 aliphatic carbocycles. The lowest BCUT2D eigenvalue weighted by Gasteiger charge is -2.34. The zero-order valence-electron chi connectivity index (χ0n) is 24.9. The summed E-state index contributed by atoms with van der Waals surface area (Å²) >= 11 is 0. The Bertz CT molecular complexity index is 1590. The lowest BCUT2D eigenvalue weighted by atomic mass is 10.0. The van der Waals surface area contributed by atoms with Crippen LogP contribution in [-0.4, -0.2) is 43.8 Å². The fraction of sp³-hybridized carbons (Fsp3) is 0.257. The Kier molecular flexibility index (Phi) is 10.7. The van der Waals surface area contributed by atoms with Gasteiger partial charge in [0.1, 0.15) is 12.6 Å². The van der Waals surface area contributed by atoms with Crippen LogP contribution in [0.4, 0.5) is 5.69 Å². The van der Waals surface area contributed by atoms with Crippen LogP contribution in [0.1, 0.15) is 37.5 Å². The third-order valence-corrected chi connectivity index (χ3v) is 8.92. The highest BCUT2D eigenvalue weighted by molar-refractivity contribution is 7.92. The highest BCUT2D eigenvalue weighted by Gasteiger charge is 2.35. The molecule has 0 bridgehead atoms. The largest absolute Gasteiger partial charge is 0.352 e. The van der Waals surface area contributed by atoms with E-state index in [2.05, 4.69) is 5.32 Å². The molecule has 1 N–H and O–H groups in total. The number of rotatable bonds is 13. The van der Waals surface area contributed by atoms with E-state index in [9.17, 15) is 18.0 Å². The Labute approximate surface area is 255 Å². The average molecular weight is 598 g/mol. The van der Waals surface area contributed by atoms with Gasteiger partial charge in [-0.1, -0.05) is 104 Å². The summed E-state index contributed by atoms with van der Waals surface area (Å²) in [5.41, 5.74) is 2.95. The molecule has 0 saturated carbocycles. The number of amides is 2. The molecule has 4 aromatic rings. The fourth-order valence-electron chi connectivity index (χ4n) is 5.00. The van der Waals surface area contributed by atoms with Crippen molar-refractivity contribution in [1.29, 1.82) is 0 Å². The van der Waals surface area contributed by atoms with Gasteiger partial charge in [0.25, 0.3) is 10.0 Å². The van der Waals surface area contributed by atoms with E-state index in [1.165, 1.54) is 21.3 Å². The lowest BCUT2D eigenvalue weighted by Crippen LogP contribution is -2.54. The van der Waals surface area contributed by atoms with E-state index in [4.69, 9.17) is 0 Å². The number of nitrogens with one attached hydrogen (secondary N) is 1. The second kappa shape index (κ2) is 14.6. The molecule has 0 heterocycles. The molecule has 7 nitrogen and oxygen atoms in total. The number of benzene rings is 4. The summed E-state index contributed by atoms with van der Waals surface area (Å²) in [6.07, 6.45) is 0.848. The molecule has 224 valence electrons. The van der Waals surface area contributed by atoms with Crippen LogP contribution in [0.2, 0.25) is 0 Å². The number of anilines is 1. The SMILES string of the molecule is CCc1ccccc1N(CC(=O)N(Cc1ccccc1)[C@@H](Cc1ccccc1)C(=O)NC(C)C)S(=O)(=O)c1ccccc1. The number of para-hydroxylation sites is 1. The van der Waals surface area contributed by atoms with Crippen LogP contribution < -0.4 is 9.62 Å². The van der Waals surface area contributed by atoms with E-state index < -0.39 is 28.5 Å². The van der Waals surface area contributed by atoms with Crippen LogP contribution in [0.3, 0.4) is 0 Å². The molecule has 4 rings (SSSR count). The van der Waals surface area contributed by atoms with Crippen LogP contribution in [-0.2, 0) is 39.0 Å². The average Bonchev–Trinajstić information content (AvgIpc) is 3.02. The molecule has 8 heteroatoms. The second-order valence-corrected chi connectivity index (χ2v) is 12.5. The van der Waals surface area contributed by atoms with E-state index >= 15 is 0 Å². The fourth-order valence-corrected chi connectivity index (χ4v) is 6.47. The summed E-state index contributed by atoms with van der Waals surface area (Å²) in [7, 11) is -4.13. The van der Waals surface area contributed by atoms with Crippen LogP contribution >= 0.6 is 0 Å². The van der Waals surface area contributed by atoms with Crippen LogP contribution in [0.15, 0.2) is 120 Å². The van der Waals surface area contributed by atoms with E-state index in [-0.39, 0.29) is 29.8 Å². The van der Waals surface area contributed by atoms with Crippen LogP contribution in [0, 0.1) is 0 Å². The smallest absolute Gasteiger partial charge is 0.264 e. The molecule has 0 fully saturated rings. The van der Waals surface area contributed by atoms with E-state index in [1.54, 1.807) is 30.3 Å². The minimum atomic E-state index is -4.13. The maximum absolute atomic E-state index is 14.5. The van der Waals surface area contributed by atoms with Gasteiger partial charge in [0.05, 0.1) is 10.6 Å². The maximum atomic E-state index is 14.5. The van der Waals surface area contributed by atoms with E-state index in [0.717, 1.165) is 16.7 Å². The van der Waals surface area contributed by atoms with Crippen molar-refractivity contribution in [1.82, 2.24) is 10.2 Å². The Balaban J connectivity index is 1.81. The van der Waals surface area contributed by atoms with E-state index in [1.807, 2.05) is 93.6 Å². The number of aryl methyl sites for hydroxylation is 1. The summed E-state index contributed by atoms with van der Waals surface area (Å²) < 4.78 is 29.4. The third kappa shape index (κ3) is 8.11. The van der Waals surface area contributed by atoms with Gasteiger partial charge < -0.3 is 10.2 Å². The van der Waals surface area contributed by atoms with Gasteiger partial charge in [0.15, 0.2) is 0 Å². The molecule has 0 spiro atoms. The molecule has 0 unspecified atom stereocenters. The molecule has 0 aliphatic heterocycles.